The number of alkyl halides is 1. The van der Waals surface area contributed by atoms with E-state index in [1.165, 1.54) is 24.3 Å². The second-order valence-corrected chi connectivity index (χ2v) is 9.90. The Hall–Kier alpha value is -4.60. The van der Waals surface area contributed by atoms with Crippen LogP contribution in [0.15, 0.2) is 60.8 Å². The molecule has 7 nitrogen and oxygen atoms in total. The average Bonchev–Trinajstić information content (AvgIpc) is 3.55. The molecule has 6 rings (SSSR count). The largest absolute Gasteiger partial charge is 0.479 e. The first-order valence-electron chi connectivity index (χ1n) is 12.4. The molecule has 5 aromatic rings. The number of ether oxygens (including phenoxy) is 1. The van der Waals surface area contributed by atoms with Crippen molar-refractivity contribution in [3.05, 3.63) is 94.9 Å². The Kier molecular flexibility index (Phi) is 5.90. The van der Waals surface area contributed by atoms with Crippen LogP contribution in [0.1, 0.15) is 41.3 Å². The molecule has 0 bridgehead atoms. The lowest BCUT2D eigenvalue weighted by Crippen LogP contribution is -2.45. The quantitative estimate of drug-likeness (QED) is 0.219. The number of nitrogens with zero attached hydrogens (tertiary/aromatic N) is 2. The molecular weight excluding hydrogens is 509 g/mol. The third-order valence-electron chi connectivity index (χ3n) is 7.26. The van der Waals surface area contributed by atoms with E-state index in [4.69, 9.17) is 9.84 Å². The van der Waals surface area contributed by atoms with Crippen LogP contribution in [-0.4, -0.2) is 36.9 Å². The van der Waals surface area contributed by atoms with Crippen molar-refractivity contribution >= 4 is 16.9 Å². The fraction of sp³-hybridized carbons (Fsp3) is 0.207. The molecule has 2 heterocycles. The monoisotopic (exact) mass is 532 g/mol. The van der Waals surface area contributed by atoms with Gasteiger partial charge in [-0.25, -0.2) is 22.9 Å². The number of hydrogen-bond donors (Lipinski definition) is 3. The van der Waals surface area contributed by atoms with Gasteiger partial charge < -0.3 is 14.8 Å². The average molecular weight is 533 g/mol. The number of carbonyl (C=O) groups is 1. The Labute approximate surface area is 220 Å². The SMILES string of the molecule is Cc1c(Oc2ccc(F)c(-c3n[nH]c(Cc4cccc(C5CC(F)(C(=O)O)C5)c4)n3)c2)c(F)cc2[nH]ccc12. The van der Waals surface area contributed by atoms with Gasteiger partial charge in [-0.1, -0.05) is 24.3 Å². The van der Waals surface area contributed by atoms with Gasteiger partial charge in [0, 0.05) is 35.2 Å². The van der Waals surface area contributed by atoms with Crippen LogP contribution < -0.4 is 4.74 Å². The van der Waals surface area contributed by atoms with E-state index < -0.39 is 23.3 Å². The normalized spacial score (nSPS) is 18.7. The summed E-state index contributed by atoms with van der Waals surface area (Å²) in [6, 6.07) is 14.7. The number of aryl methyl sites for hydroxylation is 1. The number of carboxylic acids is 1. The number of fused-ring (bicyclic) bond motifs is 1. The molecule has 1 saturated carbocycles. The van der Waals surface area contributed by atoms with Crippen LogP contribution in [0.2, 0.25) is 0 Å². The summed E-state index contributed by atoms with van der Waals surface area (Å²) in [6.07, 6.45) is 1.96. The minimum absolute atomic E-state index is 0.0510. The van der Waals surface area contributed by atoms with Gasteiger partial charge in [-0.15, -0.1) is 0 Å². The number of halogens is 3. The summed E-state index contributed by atoms with van der Waals surface area (Å²) in [6.45, 7) is 1.75. The molecule has 0 spiro atoms. The Morgan fingerprint density at radius 3 is 2.74 bits per heavy atom. The van der Waals surface area contributed by atoms with Gasteiger partial charge in [0.05, 0.1) is 5.56 Å². The third-order valence-corrected chi connectivity index (χ3v) is 7.26. The lowest BCUT2D eigenvalue weighted by molar-refractivity contribution is -0.158. The number of aromatic nitrogens is 4. The summed E-state index contributed by atoms with van der Waals surface area (Å²) in [7, 11) is 0. The van der Waals surface area contributed by atoms with E-state index in [0.717, 1.165) is 16.5 Å². The van der Waals surface area contributed by atoms with E-state index in [1.807, 2.05) is 30.3 Å². The Bertz CT molecular complexity index is 1720. The molecule has 1 fully saturated rings. The molecule has 0 saturated heterocycles. The molecule has 0 aliphatic heterocycles. The Morgan fingerprint density at radius 1 is 1.13 bits per heavy atom. The van der Waals surface area contributed by atoms with Gasteiger partial charge in [-0.05, 0) is 61.1 Å². The van der Waals surface area contributed by atoms with Gasteiger partial charge in [0.2, 0.25) is 5.67 Å². The highest BCUT2D eigenvalue weighted by Gasteiger charge is 2.51. The number of aromatic amines is 2. The summed E-state index contributed by atoms with van der Waals surface area (Å²) < 4.78 is 49.5. The summed E-state index contributed by atoms with van der Waals surface area (Å²) in [5.41, 5.74) is 0.916. The molecule has 10 heteroatoms. The van der Waals surface area contributed by atoms with Crippen molar-refractivity contribution in [2.75, 3.05) is 0 Å². The molecule has 39 heavy (non-hydrogen) atoms. The van der Waals surface area contributed by atoms with Crippen molar-refractivity contribution in [3.8, 4) is 22.9 Å². The third kappa shape index (κ3) is 4.52. The molecule has 1 aliphatic rings. The van der Waals surface area contributed by atoms with Gasteiger partial charge in [-0.3, -0.25) is 5.10 Å². The van der Waals surface area contributed by atoms with Crippen LogP contribution >= 0.6 is 0 Å². The van der Waals surface area contributed by atoms with E-state index in [1.54, 1.807) is 13.1 Å². The van der Waals surface area contributed by atoms with Crippen LogP contribution in [0.5, 0.6) is 11.5 Å². The summed E-state index contributed by atoms with van der Waals surface area (Å²) in [5, 5.41) is 16.8. The van der Waals surface area contributed by atoms with Crippen LogP contribution in [0, 0.1) is 18.6 Å². The minimum atomic E-state index is -2.16. The highest BCUT2D eigenvalue weighted by atomic mass is 19.1. The number of nitrogens with one attached hydrogen (secondary N) is 2. The molecule has 2 aromatic heterocycles. The molecular formula is C29H23F3N4O3. The van der Waals surface area contributed by atoms with Gasteiger partial charge in [0.1, 0.15) is 17.4 Å². The topological polar surface area (TPSA) is 104 Å². The first kappa shape index (κ1) is 24.7. The lowest BCUT2D eigenvalue weighted by atomic mass is 9.69. The van der Waals surface area contributed by atoms with Gasteiger partial charge in [0.25, 0.3) is 0 Å². The number of H-pyrrole nitrogens is 2. The molecule has 0 amide bonds. The Morgan fingerprint density at radius 2 is 1.95 bits per heavy atom. The first-order chi connectivity index (χ1) is 18.7. The zero-order valence-corrected chi connectivity index (χ0v) is 20.8. The van der Waals surface area contributed by atoms with Crippen LogP contribution in [-0.2, 0) is 11.2 Å². The molecule has 3 N–H and O–H groups in total. The smallest absolute Gasteiger partial charge is 0.341 e. The van der Waals surface area contributed by atoms with E-state index in [9.17, 15) is 18.0 Å². The zero-order valence-electron chi connectivity index (χ0n) is 20.8. The number of carboxylic acid groups (broad SMARTS) is 1. The number of aliphatic carboxylic acids is 1. The summed E-state index contributed by atoms with van der Waals surface area (Å²) >= 11 is 0. The first-order valence-corrected chi connectivity index (χ1v) is 12.4. The molecule has 3 aromatic carbocycles. The highest BCUT2D eigenvalue weighted by Crippen LogP contribution is 2.47. The molecule has 0 radical (unpaired) electrons. The van der Waals surface area contributed by atoms with Crippen molar-refractivity contribution in [2.24, 2.45) is 0 Å². The van der Waals surface area contributed by atoms with Crippen molar-refractivity contribution in [1.29, 1.82) is 0 Å². The maximum atomic E-state index is 14.8. The molecule has 198 valence electrons. The highest BCUT2D eigenvalue weighted by molar-refractivity contribution is 5.85. The molecule has 1 aliphatic carbocycles. The van der Waals surface area contributed by atoms with Crippen LogP contribution in [0.3, 0.4) is 0 Å². The second-order valence-electron chi connectivity index (χ2n) is 9.90. The standard InChI is InChI=1S/C29H23F3N4O3/c1-15-20-7-8-33-24(20)12-23(31)26(15)39-19-5-6-22(30)21(11-19)27-34-25(35-36-27)10-16-3-2-4-17(9-16)18-13-29(32,14-18)28(37)38/h2-9,11-12,18,33H,10,13-14H2,1H3,(H,37,38)(H,34,35,36). The van der Waals surface area contributed by atoms with Crippen LogP contribution in [0.25, 0.3) is 22.3 Å². The predicted molar refractivity (Wildman–Crippen MR) is 138 cm³/mol. The fourth-order valence-electron chi connectivity index (χ4n) is 5.08. The van der Waals surface area contributed by atoms with Crippen molar-refractivity contribution < 1.29 is 27.8 Å². The fourth-order valence-corrected chi connectivity index (χ4v) is 5.08. The minimum Gasteiger partial charge on any atom is -0.479 e. The van der Waals surface area contributed by atoms with E-state index >= 15 is 0 Å². The maximum Gasteiger partial charge on any atom is 0.341 e. The maximum absolute atomic E-state index is 14.8. The molecule has 0 atom stereocenters. The second kappa shape index (κ2) is 9.30. The lowest BCUT2D eigenvalue weighted by Gasteiger charge is -2.38. The number of hydrogen-bond acceptors (Lipinski definition) is 4. The number of rotatable bonds is 7. The predicted octanol–water partition coefficient (Wildman–Crippen LogP) is 6.59. The van der Waals surface area contributed by atoms with E-state index in [0.29, 0.717) is 23.3 Å². The Balaban J connectivity index is 1.21. The van der Waals surface area contributed by atoms with E-state index in [2.05, 4.69) is 20.2 Å². The van der Waals surface area contributed by atoms with Gasteiger partial charge in [-0.2, -0.15) is 5.10 Å². The van der Waals surface area contributed by atoms with Crippen LogP contribution in [0.4, 0.5) is 13.2 Å². The summed E-state index contributed by atoms with van der Waals surface area (Å²) in [5.74, 6) is -1.82. The molecule has 0 unspecified atom stereocenters. The zero-order chi connectivity index (χ0) is 27.3. The van der Waals surface area contributed by atoms with Gasteiger partial charge in [0.15, 0.2) is 17.4 Å². The summed E-state index contributed by atoms with van der Waals surface area (Å²) in [4.78, 5) is 18.5. The van der Waals surface area contributed by atoms with Crippen molar-refractivity contribution in [3.63, 3.8) is 0 Å². The van der Waals surface area contributed by atoms with E-state index in [-0.39, 0.29) is 41.6 Å². The van der Waals surface area contributed by atoms with Crippen molar-refractivity contribution in [1.82, 2.24) is 20.2 Å². The van der Waals surface area contributed by atoms with Crippen molar-refractivity contribution in [2.45, 2.75) is 37.8 Å². The number of benzene rings is 3. The van der Waals surface area contributed by atoms with Gasteiger partial charge >= 0.3 is 5.97 Å².